The highest BCUT2D eigenvalue weighted by atomic mass is 16.5. The van der Waals surface area contributed by atoms with Crippen molar-refractivity contribution in [2.75, 3.05) is 13.2 Å². The zero-order valence-electron chi connectivity index (χ0n) is 19.6. The molecular weight excluding hydrogens is 400 g/mol. The lowest BCUT2D eigenvalue weighted by atomic mass is 10.0. The molecule has 174 valence electrons. The van der Waals surface area contributed by atoms with Crippen LogP contribution in [0.2, 0.25) is 0 Å². The molecule has 2 aromatic rings. The fourth-order valence-electron chi connectivity index (χ4n) is 3.39. The van der Waals surface area contributed by atoms with Crippen LogP contribution in [-0.2, 0) is 16.0 Å². The summed E-state index contributed by atoms with van der Waals surface area (Å²) in [5, 5.41) is 0. The normalized spacial score (nSPS) is 10.8. The van der Waals surface area contributed by atoms with Gasteiger partial charge in [-0.1, -0.05) is 56.5 Å². The monoisotopic (exact) mass is 438 g/mol. The molecule has 5 heteroatoms. The van der Waals surface area contributed by atoms with E-state index in [2.05, 4.69) is 35.6 Å². The molecule has 0 spiro atoms. The van der Waals surface area contributed by atoms with Gasteiger partial charge < -0.3 is 9.47 Å². The second kappa shape index (κ2) is 16.2. The molecule has 1 aromatic carbocycles. The number of hydrogen-bond donors (Lipinski definition) is 0. The van der Waals surface area contributed by atoms with E-state index in [1.807, 2.05) is 18.2 Å². The quantitative estimate of drug-likeness (QED) is 0.156. The topological polar surface area (TPSA) is 61.3 Å². The molecule has 1 heterocycles. The van der Waals surface area contributed by atoms with Crippen molar-refractivity contribution < 1.29 is 14.3 Å². The third kappa shape index (κ3) is 10.7. The first-order valence-electron chi connectivity index (χ1n) is 12.0. The van der Waals surface area contributed by atoms with Gasteiger partial charge in [0.1, 0.15) is 0 Å². The highest BCUT2D eigenvalue weighted by molar-refractivity contribution is 5.72. The average Bonchev–Trinajstić information content (AvgIpc) is 2.82. The minimum absolute atomic E-state index is 0.230. The Morgan fingerprint density at radius 2 is 1.66 bits per heavy atom. The van der Waals surface area contributed by atoms with Gasteiger partial charge in [0.05, 0.1) is 12.4 Å². The maximum Gasteiger partial charge on any atom is 0.311 e. The maximum absolute atomic E-state index is 12.0. The number of allylic oxidation sites excluding steroid dienone is 1. The number of ether oxygens (including phenoxy) is 2. The van der Waals surface area contributed by atoms with Crippen molar-refractivity contribution in [3.63, 3.8) is 0 Å². The van der Waals surface area contributed by atoms with Gasteiger partial charge in [0.15, 0.2) is 11.6 Å². The van der Waals surface area contributed by atoms with Gasteiger partial charge in [-0.3, -0.25) is 4.79 Å². The third-order valence-electron chi connectivity index (χ3n) is 5.21. The first-order chi connectivity index (χ1) is 15.7. The Balaban J connectivity index is 1.69. The van der Waals surface area contributed by atoms with E-state index >= 15 is 0 Å². The number of aromatic nitrogens is 2. The SMILES string of the molecule is C=CCCCCCCC(=O)Oc1cnc(-c2ccc(CCCCCOCCC)cc2)nc1. The van der Waals surface area contributed by atoms with Crippen LogP contribution in [-0.4, -0.2) is 29.2 Å². The number of benzene rings is 1. The van der Waals surface area contributed by atoms with Crippen LogP contribution >= 0.6 is 0 Å². The van der Waals surface area contributed by atoms with E-state index in [0.717, 1.165) is 70.1 Å². The number of hydrogen-bond acceptors (Lipinski definition) is 5. The lowest BCUT2D eigenvalue weighted by Crippen LogP contribution is -2.08. The number of carbonyl (C=O) groups excluding carboxylic acids is 1. The molecular formula is C27H38N2O3. The van der Waals surface area contributed by atoms with E-state index in [1.54, 1.807) is 12.4 Å². The Labute approximate surface area is 193 Å². The Morgan fingerprint density at radius 1 is 0.938 bits per heavy atom. The van der Waals surface area contributed by atoms with Crippen LogP contribution in [0.1, 0.15) is 76.7 Å². The number of esters is 1. The second-order valence-electron chi connectivity index (χ2n) is 8.08. The molecule has 0 amide bonds. The minimum atomic E-state index is -0.230. The standard InChI is InChI=1S/C27H38N2O3/c1-3-5-6-7-8-11-14-26(30)32-25-21-28-27(29-22-25)24-17-15-23(16-18-24)13-10-9-12-20-31-19-4-2/h3,15-18,21-22H,1,4-14,19-20H2,2H3. The first-order valence-corrected chi connectivity index (χ1v) is 12.0. The highest BCUT2D eigenvalue weighted by Crippen LogP contribution is 2.19. The molecule has 0 aliphatic heterocycles. The predicted octanol–water partition coefficient (Wildman–Crippen LogP) is 6.72. The number of carbonyl (C=O) groups is 1. The molecule has 1 aromatic heterocycles. The van der Waals surface area contributed by atoms with Crippen LogP contribution in [0.5, 0.6) is 5.75 Å². The summed E-state index contributed by atoms with van der Waals surface area (Å²) in [6.45, 7) is 7.58. The lowest BCUT2D eigenvalue weighted by Gasteiger charge is -2.06. The van der Waals surface area contributed by atoms with Gasteiger partial charge in [-0.15, -0.1) is 6.58 Å². The van der Waals surface area contributed by atoms with Crippen molar-refractivity contribution in [1.82, 2.24) is 9.97 Å². The molecule has 0 saturated carbocycles. The summed E-state index contributed by atoms with van der Waals surface area (Å²) in [6.07, 6.45) is 16.3. The van der Waals surface area contributed by atoms with Crippen LogP contribution in [0.25, 0.3) is 11.4 Å². The predicted molar refractivity (Wildman–Crippen MR) is 130 cm³/mol. The number of rotatable bonds is 17. The summed E-state index contributed by atoms with van der Waals surface area (Å²) in [6, 6.07) is 8.37. The van der Waals surface area contributed by atoms with Crippen molar-refractivity contribution in [2.24, 2.45) is 0 Å². The van der Waals surface area contributed by atoms with Gasteiger partial charge in [-0.25, -0.2) is 9.97 Å². The Kier molecular flexibility index (Phi) is 13.0. The summed E-state index contributed by atoms with van der Waals surface area (Å²) >= 11 is 0. The van der Waals surface area contributed by atoms with Gasteiger partial charge in [0, 0.05) is 25.2 Å². The highest BCUT2D eigenvalue weighted by Gasteiger charge is 2.07. The smallest absolute Gasteiger partial charge is 0.311 e. The molecule has 0 unspecified atom stereocenters. The molecule has 0 aliphatic carbocycles. The van der Waals surface area contributed by atoms with E-state index in [-0.39, 0.29) is 5.97 Å². The Hall–Kier alpha value is -2.53. The van der Waals surface area contributed by atoms with Crippen LogP contribution in [0, 0.1) is 0 Å². The van der Waals surface area contributed by atoms with E-state index in [9.17, 15) is 4.79 Å². The molecule has 2 rings (SSSR count). The molecule has 0 fully saturated rings. The maximum atomic E-state index is 12.0. The molecule has 0 saturated heterocycles. The number of aryl methyl sites for hydroxylation is 1. The Bertz CT molecular complexity index is 772. The second-order valence-corrected chi connectivity index (χ2v) is 8.08. The fraction of sp³-hybridized carbons (Fsp3) is 0.519. The van der Waals surface area contributed by atoms with Crippen LogP contribution in [0.4, 0.5) is 0 Å². The van der Waals surface area contributed by atoms with Crippen LogP contribution in [0.15, 0.2) is 49.3 Å². The summed E-state index contributed by atoms with van der Waals surface area (Å²) in [7, 11) is 0. The van der Waals surface area contributed by atoms with Gasteiger partial charge in [0.25, 0.3) is 0 Å². The van der Waals surface area contributed by atoms with E-state index in [4.69, 9.17) is 9.47 Å². The van der Waals surface area contributed by atoms with Gasteiger partial charge in [-0.2, -0.15) is 0 Å². The summed E-state index contributed by atoms with van der Waals surface area (Å²) in [4.78, 5) is 20.7. The van der Waals surface area contributed by atoms with Crippen molar-refractivity contribution in [2.45, 2.75) is 77.6 Å². The zero-order chi connectivity index (χ0) is 22.9. The average molecular weight is 439 g/mol. The molecule has 5 nitrogen and oxygen atoms in total. The van der Waals surface area contributed by atoms with Crippen molar-refractivity contribution >= 4 is 5.97 Å². The third-order valence-corrected chi connectivity index (χ3v) is 5.21. The van der Waals surface area contributed by atoms with Gasteiger partial charge in [-0.05, 0) is 50.5 Å². The molecule has 0 bridgehead atoms. The van der Waals surface area contributed by atoms with Gasteiger partial charge >= 0.3 is 5.97 Å². The number of unbranched alkanes of at least 4 members (excludes halogenated alkanes) is 6. The largest absolute Gasteiger partial charge is 0.423 e. The van der Waals surface area contributed by atoms with Crippen molar-refractivity contribution in [1.29, 1.82) is 0 Å². The lowest BCUT2D eigenvalue weighted by molar-refractivity contribution is -0.134. The molecule has 0 N–H and O–H groups in total. The van der Waals surface area contributed by atoms with Gasteiger partial charge in [0.2, 0.25) is 0 Å². The molecule has 32 heavy (non-hydrogen) atoms. The molecule has 0 aliphatic rings. The summed E-state index contributed by atoms with van der Waals surface area (Å²) in [5.74, 6) is 0.794. The molecule has 0 radical (unpaired) electrons. The van der Waals surface area contributed by atoms with E-state index < -0.39 is 0 Å². The zero-order valence-corrected chi connectivity index (χ0v) is 19.6. The minimum Gasteiger partial charge on any atom is -0.423 e. The summed E-state index contributed by atoms with van der Waals surface area (Å²) < 4.78 is 10.9. The first kappa shape index (κ1) is 25.7. The molecule has 0 atom stereocenters. The summed E-state index contributed by atoms with van der Waals surface area (Å²) in [5.41, 5.74) is 2.28. The fourth-order valence-corrected chi connectivity index (χ4v) is 3.39. The Morgan fingerprint density at radius 3 is 2.38 bits per heavy atom. The van der Waals surface area contributed by atoms with Crippen LogP contribution in [0.3, 0.4) is 0 Å². The van der Waals surface area contributed by atoms with Crippen molar-refractivity contribution in [3.05, 3.63) is 54.9 Å². The van der Waals surface area contributed by atoms with E-state index in [1.165, 1.54) is 18.4 Å². The number of nitrogens with zero attached hydrogens (tertiary/aromatic N) is 2. The van der Waals surface area contributed by atoms with E-state index in [0.29, 0.717) is 18.0 Å². The van der Waals surface area contributed by atoms with Crippen molar-refractivity contribution in [3.8, 4) is 17.1 Å². The van der Waals surface area contributed by atoms with Crippen LogP contribution < -0.4 is 4.74 Å².